The lowest BCUT2D eigenvalue weighted by Crippen LogP contribution is -1.94. The highest BCUT2D eigenvalue weighted by Crippen LogP contribution is 2.32. The van der Waals surface area contributed by atoms with E-state index in [2.05, 4.69) is 0 Å². The van der Waals surface area contributed by atoms with Crippen molar-refractivity contribution in [3.8, 4) is 0 Å². The molecule has 2 rings (SSSR count). The minimum absolute atomic E-state index is 0.718. The van der Waals surface area contributed by atoms with Gasteiger partial charge in [-0.1, -0.05) is 6.08 Å². The molecule has 0 fully saturated rings. The number of hydrogen-bond acceptors (Lipinski definition) is 2. The van der Waals surface area contributed by atoms with Gasteiger partial charge in [0.25, 0.3) is 0 Å². The number of rotatable bonds is 1. The second-order valence-corrected chi connectivity index (χ2v) is 3.76. The molecule has 1 aliphatic rings. The fourth-order valence-corrected chi connectivity index (χ4v) is 2.26. The third-order valence-corrected chi connectivity index (χ3v) is 2.83. The lowest BCUT2D eigenvalue weighted by molar-refractivity contribution is -0.131. The molecule has 0 spiro atoms. The zero-order valence-electron chi connectivity index (χ0n) is 6.86. The summed E-state index contributed by atoms with van der Waals surface area (Å²) < 4.78 is 0. The quantitative estimate of drug-likeness (QED) is 0.694. The fraction of sp³-hybridized carbons (Fsp3) is 0.100. The van der Waals surface area contributed by atoms with Gasteiger partial charge in [0.05, 0.1) is 0 Å². The molecule has 0 unspecified atom stereocenters. The minimum atomic E-state index is -0.873. The van der Waals surface area contributed by atoms with Crippen molar-refractivity contribution in [2.75, 3.05) is 0 Å². The molecule has 1 aromatic heterocycles. The van der Waals surface area contributed by atoms with Gasteiger partial charge >= 0.3 is 5.97 Å². The molecule has 0 bridgehead atoms. The SMILES string of the molecule is O=C(O)/C=C1/CC=Cc2sccc21. The maximum Gasteiger partial charge on any atom is 0.328 e. The third-order valence-electron chi connectivity index (χ3n) is 1.95. The first-order chi connectivity index (χ1) is 6.27. The Morgan fingerprint density at radius 1 is 1.62 bits per heavy atom. The van der Waals surface area contributed by atoms with E-state index in [9.17, 15) is 4.79 Å². The molecule has 1 aliphatic carbocycles. The van der Waals surface area contributed by atoms with Gasteiger partial charge in [-0.05, 0) is 35.1 Å². The summed E-state index contributed by atoms with van der Waals surface area (Å²) in [4.78, 5) is 11.7. The van der Waals surface area contributed by atoms with Crippen LogP contribution in [0.15, 0.2) is 23.6 Å². The Bertz CT molecular complexity index is 399. The van der Waals surface area contributed by atoms with Gasteiger partial charge in [-0.3, -0.25) is 0 Å². The molecular formula is C10H8O2S. The van der Waals surface area contributed by atoms with Crippen molar-refractivity contribution in [1.82, 2.24) is 0 Å². The molecule has 13 heavy (non-hydrogen) atoms. The van der Waals surface area contributed by atoms with Crippen LogP contribution in [0, 0.1) is 0 Å². The highest BCUT2D eigenvalue weighted by atomic mass is 32.1. The monoisotopic (exact) mass is 192 g/mol. The molecule has 0 aromatic carbocycles. The number of allylic oxidation sites excluding steroid dienone is 2. The Morgan fingerprint density at radius 3 is 3.23 bits per heavy atom. The number of carboxylic acids is 1. The topological polar surface area (TPSA) is 37.3 Å². The molecule has 1 N–H and O–H groups in total. The predicted molar refractivity (Wildman–Crippen MR) is 53.6 cm³/mol. The highest BCUT2D eigenvalue weighted by Gasteiger charge is 2.11. The molecule has 0 amide bonds. The molecule has 1 heterocycles. The summed E-state index contributed by atoms with van der Waals surface area (Å²) in [7, 11) is 0. The van der Waals surface area contributed by atoms with Crippen LogP contribution in [0.5, 0.6) is 0 Å². The minimum Gasteiger partial charge on any atom is -0.478 e. The maximum absolute atomic E-state index is 10.5. The van der Waals surface area contributed by atoms with Gasteiger partial charge < -0.3 is 5.11 Å². The second kappa shape index (κ2) is 3.18. The summed E-state index contributed by atoms with van der Waals surface area (Å²) in [5.74, 6) is -0.873. The van der Waals surface area contributed by atoms with Crippen molar-refractivity contribution in [2.45, 2.75) is 6.42 Å². The standard InChI is InChI=1S/C10H8O2S/c11-10(12)6-7-2-1-3-9-8(7)4-5-13-9/h1,3-6H,2H2,(H,11,12)/b7-6-. The Hall–Kier alpha value is -1.35. The van der Waals surface area contributed by atoms with Crippen molar-refractivity contribution < 1.29 is 9.90 Å². The van der Waals surface area contributed by atoms with Gasteiger partial charge in [-0.25, -0.2) is 4.79 Å². The van der Waals surface area contributed by atoms with E-state index in [0.717, 1.165) is 22.4 Å². The summed E-state index contributed by atoms with van der Waals surface area (Å²) in [6, 6.07) is 1.97. The van der Waals surface area contributed by atoms with Crippen molar-refractivity contribution in [3.05, 3.63) is 34.0 Å². The van der Waals surface area contributed by atoms with Crippen LogP contribution in [-0.2, 0) is 4.79 Å². The Balaban J connectivity index is 2.46. The van der Waals surface area contributed by atoms with E-state index < -0.39 is 5.97 Å². The first-order valence-corrected chi connectivity index (χ1v) is 4.83. The second-order valence-electron chi connectivity index (χ2n) is 2.81. The van der Waals surface area contributed by atoms with Gasteiger partial charge in [0, 0.05) is 11.0 Å². The van der Waals surface area contributed by atoms with Gasteiger partial charge in [-0.2, -0.15) is 0 Å². The van der Waals surface area contributed by atoms with Gasteiger partial charge in [0.2, 0.25) is 0 Å². The fourth-order valence-electron chi connectivity index (χ4n) is 1.40. The molecule has 2 nitrogen and oxygen atoms in total. The highest BCUT2D eigenvalue weighted by molar-refractivity contribution is 7.11. The molecule has 0 saturated heterocycles. The summed E-state index contributed by atoms with van der Waals surface area (Å²) in [5, 5.41) is 10.6. The molecule has 66 valence electrons. The number of carboxylic acid groups (broad SMARTS) is 1. The molecule has 1 aromatic rings. The summed E-state index contributed by atoms with van der Waals surface area (Å²) >= 11 is 1.64. The normalized spacial score (nSPS) is 17.4. The van der Waals surface area contributed by atoms with Gasteiger partial charge in [0.15, 0.2) is 0 Å². The van der Waals surface area contributed by atoms with Crippen LogP contribution in [0.2, 0.25) is 0 Å². The summed E-state index contributed by atoms with van der Waals surface area (Å²) in [5.41, 5.74) is 1.96. The first kappa shape index (κ1) is 8.26. The Kier molecular flexibility index (Phi) is 2.02. The van der Waals surface area contributed by atoms with Crippen LogP contribution in [0.3, 0.4) is 0 Å². The smallest absolute Gasteiger partial charge is 0.328 e. The van der Waals surface area contributed by atoms with Crippen LogP contribution < -0.4 is 0 Å². The molecule has 0 radical (unpaired) electrons. The Morgan fingerprint density at radius 2 is 2.46 bits per heavy atom. The molecule has 0 aliphatic heterocycles. The lowest BCUT2D eigenvalue weighted by atomic mass is 9.98. The van der Waals surface area contributed by atoms with Crippen LogP contribution in [-0.4, -0.2) is 11.1 Å². The number of fused-ring (bicyclic) bond motifs is 1. The van der Waals surface area contributed by atoms with E-state index in [1.54, 1.807) is 11.3 Å². The van der Waals surface area contributed by atoms with Gasteiger partial charge in [0.1, 0.15) is 0 Å². The molecule has 3 heteroatoms. The molecular weight excluding hydrogens is 184 g/mol. The lowest BCUT2D eigenvalue weighted by Gasteiger charge is -2.07. The third kappa shape index (κ3) is 1.55. The molecule has 0 saturated carbocycles. The maximum atomic E-state index is 10.5. The predicted octanol–water partition coefficient (Wildman–Crippen LogP) is 2.63. The number of hydrogen-bond donors (Lipinski definition) is 1. The van der Waals surface area contributed by atoms with Crippen molar-refractivity contribution in [3.63, 3.8) is 0 Å². The average Bonchev–Trinajstić information content (AvgIpc) is 2.51. The van der Waals surface area contributed by atoms with Crippen LogP contribution in [0.1, 0.15) is 16.9 Å². The zero-order valence-corrected chi connectivity index (χ0v) is 7.67. The van der Waals surface area contributed by atoms with Crippen LogP contribution in [0.4, 0.5) is 0 Å². The van der Waals surface area contributed by atoms with E-state index in [1.807, 2.05) is 23.6 Å². The number of aliphatic carboxylic acids is 1. The summed E-state index contributed by atoms with van der Waals surface area (Å²) in [6.45, 7) is 0. The van der Waals surface area contributed by atoms with E-state index >= 15 is 0 Å². The molecule has 0 atom stereocenters. The summed E-state index contributed by atoms with van der Waals surface area (Å²) in [6.07, 6.45) is 6.04. The number of thiophene rings is 1. The van der Waals surface area contributed by atoms with Crippen molar-refractivity contribution >= 4 is 29.0 Å². The van der Waals surface area contributed by atoms with E-state index in [0.29, 0.717) is 0 Å². The Labute approximate surface area is 79.8 Å². The average molecular weight is 192 g/mol. The van der Waals surface area contributed by atoms with Crippen molar-refractivity contribution in [1.29, 1.82) is 0 Å². The van der Waals surface area contributed by atoms with Gasteiger partial charge in [-0.15, -0.1) is 11.3 Å². The first-order valence-electron chi connectivity index (χ1n) is 3.95. The van der Waals surface area contributed by atoms with E-state index in [1.165, 1.54) is 6.08 Å². The van der Waals surface area contributed by atoms with E-state index in [4.69, 9.17) is 5.11 Å². The largest absolute Gasteiger partial charge is 0.478 e. The van der Waals surface area contributed by atoms with E-state index in [-0.39, 0.29) is 0 Å². The number of carbonyl (C=O) groups is 1. The zero-order chi connectivity index (χ0) is 9.26. The van der Waals surface area contributed by atoms with Crippen molar-refractivity contribution in [2.24, 2.45) is 0 Å². The van der Waals surface area contributed by atoms with Crippen LogP contribution >= 0.6 is 11.3 Å². The van der Waals surface area contributed by atoms with Crippen LogP contribution in [0.25, 0.3) is 11.6 Å².